The van der Waals surface area contributed by atoms with E-state index in [0.717, 1.165) is 10.1 Å². The third-order valence-corrected chi connectivity index (χ3v) is 6.27. The van der Waals surface area contributed by atoms with Crippen molar-refractivity contribution in [3.8, 4) is 5.75 Å². The van der Waals surface area contributed by atoms with Crippen molar-refractivity contribution in [2.45, 2.75) is 11.0 Å². The van der Waals surface area contributed by atoms with E-state index in [-0.39, 0.29) is 18.0 Å². The summed E-state index contributed by atoms with van der Waals surface area (Å²) in [6, 6.07) is 13.2. The number of primary amides is 1. The van der Waals surface area contributed by atoms with E-state index in [1.54, 1.807) is 0 Å². The Morgan fingerprint density at radius 1 is 1.19 bits per heavy atom. The molecule has 2 aromatic carbocycles. The number of carbonyl (C=O) groups is 1. The summed E-state index contributed by atoms with van der Waals surface area (Å²) in [4.78, 5) is 10.7. The number of fused-ring (bicyclic) bond motifs is 1. The molecule has 1 amide bonds. The van der Waals surface area contributed by atoms with E-state index < -0.39 is 22.0 Å². The largest absolute Gasteiger partial charge is 0.484 e. The van der Waals surface area contributed by atoms with Gasteiger partial charge < -0.3 is 15.6 Å². The Morgan fingerprint density at radius 2 is 1.89 bits per heavy atom. The van der Waals surface area contributed by atoms with Gasteiger partial charge in [0.25, 0.3) is 5.91 Å². The topological polar surface area (TPSA) is 119 Å². The molecule has 27 heavy (non-hydrogen) atoms. The highest BCUT2D eigenvalue weighted by atomic mass is 32.2. The molecule has 0 aliphatic rings. The average molecular weight is 406 g/mol. The van der Waals surface area contributed by atoms with Crippen molar-refractivity contribution < 1.29 is 23.1 Å². The first kappa shape index (κ1) is 19.3. The van der Waals surface area contributed by atoms with E-state index in [9.17, 15) is 18.3 Å². The van der Waals surface area contributed by atoms with Crippen molar-refractivity contribution in [3.05, 3.63) is 59.5 Å². The number of amides is 1. The van der Waals surface area contributed by atoms with Gasteiger partial charge in [-0.2, -0.15) is 0 Å². The number of aliphatic hydroxyl groups excluding tert-OH is 1. The van der Waals surface area contributed by atoms with E-state index >= 15 is 0 Å². The van der Waals surface area contributed by atoms with E-state index in [1.807, 2.05) is 29.6 Å². The lowest BCUT2D eigenvalue weighted by Crippen LogP contribution is -2.28. The van der Waals surface area contributed by atoms with Gasteiger partial charge in [-0.25, -0.2) is 13.1 Å². The summed E-state index contributed by atoms with van der Waals surface area (Å²) < 4.78 is 33.4. The van der Waals surface area contributed by atoms with Gasteiger partial charge in [-0.05, 0) is 41.1 Å². The zero-order valence-corrected chi connectivity index (χ0v) is 15.8. The molecule has 0 unspecified atom stereocenters. The van der Waals surface area contributed by atoms with Crippen LogP contribution in [0, 0.1) is 0 Å². The summed E-state index contributed by atoms with van der Waals surface area (Å²) in [5, 5.41) is 13.1. The first-order valence-electron chi connectivity index (χ1n) is 8.02. The summed E-state index contributed by atoms with van der Waals surface area (Å²) >= 11 is 1.50. The Morgan fingerprint density at radius 3 is 2.59 bits per heavy atom. The van der Waals surface area contributed by atoms with Gasteiger partial charge in [0.1, 0.15) is 5.75 Å². The average Bonchev–Trinajstić information content (AvgIpc) is 3.09. The van der Waals surface area contributed by atoms with E-state index in [1.165, 1.54) is 35.6 Å². The maximum Gasteiger partial charge on any atom is 0.255 e. The van der Waals surface area contributed by atoms with Crippen LogP contribution in [0.1, 0.15) is 11.7 Å². The molecule has 0 spiro atoms. The van der Waals surface area contributed by atoms with Crippen LogP contribution < -0.4 is 15.2 Å². The molecule has 0 radical (unpaired) electrons. The molecule has 7 nitrogen and oxygen atoms in total. The highest BCUT2D eigenvalue weighted by molar-refractivity contribution is 7.89. The number of carbonyl (C=O) groups excluding carboxylic acids is 1. The van der Waals surface area contributed by atoms with Crippen LogP contribution in [0.4, 0.5) is 0 Å². The van der Waals surface area contributed by atoms with Crippen molar-refractivity contribution in [2.75, 3.05) is 13.2 Å². The van der Waals surface area contributed by atoms with Crippen molar-refractivity contribution >= 4 is 37.4 Å². The second-order valence-electron chi connectivity index (χ2n) is 5.78. The van der Waals surface area contributed by atoms with Gasteiger partial charge in [0.05, 0.1) is 11.0 Å². The predicted molar refractivity (Wildman–Crippen MR) is 103 cm³/mol. The van der Waals surface area contributed by atoms with Gasteiger partial charge in [-0.15, -0.1) is 11.3 Å². The van der Waals surface area contributed by atoms with E-state index in [2.05, 4.69) is 4.72 Å². The molecule has 0 aliphatic carbocycles. The molecule has 0 fully saturated rings. The first-order valence-corrected chi connectivity index (χ1v) is 10.4. The van der Waals surface area contributed by atoms with Crippen molar-refractivity contribution in [2.24, 2.45) is 5.73 Å². The van der Waals surface area contributed by atoms with Gasteiger partial charge in [-0.1, -0.05) is 18.2 Å². The molecule has 1 aromatic heterocycles. The molecule has 0 bridgehead atoms. The number of sulfonamides is 1. The summed E-state index contributed by atoms with van der Waals surface area (Å²) in [5.41, 5.74) is 5.68. The maximum atomic E-state index is 12.4. The molecule has 0 saturated heterocycles. The summed E-state index contributed by atoms with van der Waals surface area (Å²) in [5.74, 6) is -0.291. The minimum atomic E-state index is -3.80. The number of ether oxygens (including phenoxy) is 1. The van der Waals surface area contributed by atoms with Gasteiger partial charge in [-0.3, -0.25) is 4.79 Å². The van der Waals surface area contributed by atoms with E-state index in [4.69, 9.17) is 10.5 Å². The number of thiophene rings is 1. The van der Waals surface area contributed by atoms with Gasteiger partial charge in [0.15, 0.2) is 6.61 Å². The zero-order valence-electron chi connectivity index (χ0n) is 14.2. The Kier molecular flexibility index (Phi) is 5.76. The van der Waals surface area contributed by atoms with Gasteiger partial charge in [0.2, 0.25) is 10.0 Å². The quantitative estimate of drug-likeness (QED) is 0.527. The summed E-state index contributed by atoms with van der Waals surface area (Å²) in [6.07, 6.45) is -0.964. The highest BCUT2D eigenvalue weighted by Crippen LogP contribution is 2.30. The second-order valence-corrected chi connectivity index (χ2v) is 8.46. The van der Waals surface area contributed by atoms with E-state index in [0.29, 0.717) is 11.3 Å². The molecule has 0 saturated carbocycles. The van der Waals surface area contributed by atoms with Gasteiger partial charge >= 0.3 is 0 Å². The maximum absolute atomic E-state index is 12.4. The normalized spacial score (nSPS) is 12.8. The Bertz CT molecular complexity index is 1050. The molecule has 3 rings (SSSR count). The highest BCUT2D eigenvalue weighted by Gasteiger charge is 2.19. The summed E-state index contributed by atoms with van der Waals surface area (Å²) in [6.45, 7) is -0.436. The van der Waals surface area contributed by atoms with Crippen molar-refractivity contribution in [3.63, 3.8) is 0 Å². The minimum absolute atomic E-state index is 0.0244. The van der Waals surface area contributed by atoms with Crippen molar-refractivity contribution in [1.29, 1.82) is 0 Å². The van der Waals surface area contributed by atoms with Crippen LogP contribution in [0.25, 0.3) is 10.1 Å². The lowest BCUT2D eigenvalue weighted by Gasteiger charge is -2.12. The number of nitrogens with two attached hydrogens (primary N) is 1. The van der Waals surface area contributed by atoms with Crippen LogP contribution in [0.5, 0.6) is 5.75 Å². The molecule has 142 valence electrons. The third-order valence-electron chi connectivity index (χ3n) is 3.85. The Balaban J connectivity index is 1.66. The molecule has 9 heteroatoms. The molecule has 1 atom stereocenters. The first-order chi connectivity index (χ1) is 12.9. The fourth-order valence-electron chi connectivity index (χ4n) is 2.51. The number of hydrogen-bond donors (Lipinski definition) is 3. The number of benzene rings is 2. The number of aliphatic hydroxyl groups is 1. The predicted octanol–water partition coefficient (Wildman–Crippen LogP) is 1.78. The monoisotopic (exact) mass is 406 g/mol. The Hall–Kier alpha value is -2.46. The fourth-order valence-corrected chi connectivity index (χ4v) is 4.55. The number of nitrogens with one attached hydrogen (secondary N) is 1. The smallest absolute Gasteiger partial charge is 0.255 e. The second kappa shape index (κ2) is 8.05. The molecule has 3 aromatic rings. The van der Waals surface area contributed by atoms with Crippen LogP contribution in [0.2, 0.25) is 0 Å². The van der Waals surface area contributed by atoms with Gasteiger partial charge in [0, 0.05) is 16.8 Å². The zero-order chi connectivity index (χ0) is 19.4. The van der Waals surface area contributed by atoms with Crippen molar-refractivity contribution in [1.82, 2.24) is 4.72 Å². The lowest BCUT2D eigenvalue weighted by molar-refractivity contribution is -0.119. The van der Waals surface area contributed by atoms with Crippen LogP contribution >= 0.6 is 11.3 Å². The Labute approximate surface area is 160 Å². The van der Waals surface area contributed by atoms with Crippen LogP contribution in [0.3, 0.4) is 0 Å². The lowest BCUT2D eigenvalue weighted by atomic mass is 10.1. The third kappa shape index (κ3) is 4.64. The molecule has 0 aliphatic heterocycles. The van der Waals surface area contributed by atoms with Crippen LogP contribution in [-0.2, 0) is 14.8 Å². The summed E-state index contributed by atoms with van der Waals surface area (Å²) in [7, 11) is -3.80. The SMILES string of the molecule is NC(=O)COc1ccc(S(=O)(=O)NC[C@H](O)c2csc3ccccc23)cc1. The molecule has 1 heterocycles. The van der Waals surface area contributed by atoms with Crippen LogP contribution in [-0.4, -0.2) is 32.6 Å². The number of rotatable bonds is 8. The molecular formula is C18H18N2O5S2. The standard InChI is InChI=1S/C18H18N2O5S2/c19-18(22)10-25-12-5-7-13(8-6-12)27(23,24)20-9-16(21)15-11-26-17-4-2-1-3-14(15)17/h1-8,11,16,20-21H,9-10H2,(H2,19,22)/t16-/m0/s1. The fraction of sp³-hybridized carbons (Fsp3) is 0.167. The molecular weight excluding hydrogens is 388 g/mol. The van der Waals surface area contributed by atoms with Crippen LogP contribution in [0.15, 0.2) is 58.8 Å². The number of hydrogen-bond acceptors (Lipinski definition) is 6. The molecule has 4 N–H and O–H groups in total. The minimum Gasteiger partial charge on any atom is -0.484 e.